The van der Waals surface area contributed by atoms with E-state index in [4.69, 9.17) is 9.47 Å². The molecule has 0 atom stereocenters. The predicted octanol–water partition coefficient (Wildman–Crippen LogP) is 3.40. The molecule has 0 aliphatic heterocycles. The number of methoxy groups -OCH3 is 1. The van der Waals surface area contributed by atoms with Crippen molar-refractivity contribution >= 4 is 12.1 Å². The molecule has 0 aliphatic rings. The number of nitrogens with zero attached hydrogens (tertiary/aromatic N) is 1. The minimum absolute atomic E-state index is 0.151. The molecule has 0 saturated carbocycles. The predicted molar refractivity (Wildman–Crippen MR) is 99.5 cm³/mol. The van der Waals surface area contributed by atoms with Crippen LogP contribution in [0, 0.1) is 13.8 Å². The van der Waals surface area contributed by atoms with E-state index < -0.39 is 0 Å². The Hall–Kier alpha value is -2.82. The van der Waals surface area contributed by atoms with Crippen molar-refractivity contribution in [2.24, 2.45) is 5.10 Å². The van der Waals surface area contributed by atoms with E-state index in [0.29, 0.717) is 24.5 Å². The summed E-state index contributed by atoms with van der Waals surface area (Å²) >= 11 is 0. The summed E-state index contributed by atoms with van der Waals surface area (Å²) in [4.78, 5) is 12.0. The molecule has 0 spiro atoms. The van der Waals surface area contributed by atoms with Gasteiger partial charge < -0.3 is 9.47 Å². The highest BCUT2D eigenvalue weighted by molar-refractivity contribution is 5.84. The standard InChI is InChI=1S/C20H24N2O3/c1-5-25-19-11-16(7-9-18(19)24-4)13-21-22-20(23)12-17-8-6-14(2)10-15(17)3/h6-11,13H,5,12H2,1-4H3,(H,22,23)/b21-13+. The van der Waals surface area contributed by atoms with Crippen molar-refractivity contribution in [3.63, 3.8) is 0 Å². The van der Waals surface area contributed by atoms with Crippen LogP contribution in [0.3, 0.4) is 0 Å². The van der Waals surface area contributed by atoms with Crippen molar-refractivity contribution in [2.75, 3.05) is 13.7 Å². The van der Waals surface area contributed by atoms with Crippen LogP contribution in [0.4, 0.5) is 0 Å². The van der Waals surface area contributed by atoms with E-state index in [1.807, 2.05) is 51.1 Å². The lowest BCUT2D eigenvalue weighted by molar-refractivity contribution is -0.120. The number of hydrazone groups is 1. The van der Waals surface area contributed by atoms with Gasteiger partial charge in [0.05, 0.1) is 26.4 Å². The van der Waals surface area contributed by atoms with Gasteiger partial charge in [0.25, 0.3) is 0 Å². The number of ether oxygens (including phenoxy) is 2. The van der Waals surface area contributed by atoms with Gasteiger partial charge in [-0.2, -0.15) is 5.10 Å². The lowest BCUT2D eigenvalue weighted by atomic mass is 10.0. The van der Waals surface area contributed by atoms with E-state index >= 15 is 0 Å². The fraction of sp³-hybridized carbons (Fsp3) is 0.300. The molecule has 0 aliphatic carbocycles. The molecule has 0 saturated heterocycles. The van der Waals surface area contributed by atoms with Gasteiger partial charge in [0.15, 0.2) is 11.5 Å². The monoisotopic (exact) mass is 340 g/mol. The summed E-state index contributed by atoms with van der Waals surface area (Å²) in [5.41, 5.74) is 6.67. The largest absolute Gasteiger partial charge is 0.493 e. The first-order valence-corrected chi connectivity index (χ1v) is 8.22. The molecule has 1 amide bonds. The summed E-state index contributed by atoms with van der Waals surface area (Å²) in [5, 5.41) is 4.02. The summed E-state index contributed by atoms with van der Waals surface area (Å²) in [6.45, 7) is 6.50. The maximum Gasteiger partial charge on any atom is 0.244 e. The van der Waals surface area contributed by atoms with E-state index in [1.54, 1.807) is 13.3 Å². The molecule has 0 fully saturated rings. The van der Waals surface area contributed by atoms with Crippen LogP contribution in [0.5, 0.6) is 11.5 Å². The zero-order chi connectivity index (χ0) is 18.2. The lowest BCUT2D eigenvalue weighted by Gasteiger charge is -2.09. The average molecular weight is 340 g/mol. The lowest BCUT2D eigenvalue weighted by Crippen LogP contribution is -2.20. The van der Waals surface area contributed by atoms with Crippen LogP contribution in [0.2, 0.25) is 0 Å². The van der Waals surface area contributed by atoms with Crippen molar-refractivity contribution in [1.29, 1.82) is 0 Å². The minimum Gasteiger partial charge on any atom is -0.493 e. The van der Waals surface area contributed by atoms with Crippen LogP contribution < -0.4 is 14.9 Å². The van der Waals surface area contributed by atoms with E-state index in [-0.39, 0.29) is 5.91 Å². The summed E-state index contributed by atoms with van der Waals surface area (Å²) in [7, 11) is 1.60. The summed E-state index contributed by atoms with van der Waals surface area (Å²) in [5.74, 6) is 1.16. The second-order valence-corrected chi connectivity index (χ2v) is 5.74. The smallest absolute Gasteiger partial charge is 0.244 e. The van der Waals surface area contributed by atoms with Crippen LogP contribution >= 0.6 is 0 Å². The third kappa shape index (κ3) is 5.35. The van der Waals surface area contributed by atoms with Gasteiger partial charge in [-0.25, -0.2) is 5.43 Å². The van der Waals surface area contributed by atoms with Crippen LogP contribution in [-0.4, -0.2) is 25.8 Å². The Kier molecular flexibility index (Phi) is 6.57. The van der Waals surface area contributed by atoms with Crippen LogP contribution in [0.25, 0.3) is 0 Å². The highest BCUT2D eigenvalue weighted by Crippen LogP contribution is 2.27. The molecule has 5 nitrogen and oxygen atoms in total. The van der Waals surface area contributed by atoms with Crippen molar-refractivity contribution in [1.82, 2.24) is 5.43 Å². The topological polar surface area (TPSA) is 59.9 Å². The molecule has 0 unspecified atom stereocenters. The Bertz CT molecular complexity index is 770. The molecule has 0 bridgehead atoms. The van der Waals surface area contributed by atoms with E-state index in [2.05, 4.69) is 16.6 Å². The van der Waals surface area contributed by atoms with Gasteiger partial charge in [-0.05, 0) is 55.7 Å². The molecule has 0 aromatic heterocycles. The van der Waals surface area contributed by atoms with Crippen molar-refractivity contribution in [3.8, 4) is 11.5 Å². The number of rotatable bonds is 7. The molecule has 2 aromatic carbocycles. The Balaban J connectivity index is 1.98. The molecule has 132 valence electrons. The number of aryl methyl sites for hydroxylation is 2. The zero-order valence-corrected chi connectivity index (χ0v) is 15.1. The summed E-state index contributed by atoms with van der Waals surface area (Å²) in [6, 6.07) is 11.5. The molecule has 5 heteroatoms. The summed E-state index contributed by atoms with van der Waals surface area (Å²) < 4.78 is 10.8. The van der Waals surface area contributed by atoms with Crippen LogP contribution in [-0.2, 0) is 11.2 Å². The van der Waals surface area contributed by atoms with Gasteiger partial charge in [-0.3, -0.25) is 4.79 Å². The first-order chi connectivity index (χ1) is 12.0. The first-order valence-electron chi connectivity index (χ1n) is 8.22. The maximum atomic E-state index is 12.0. The quantitative estimate of drug-likeness (QED) is 0.621. The number of hydrogen-bond acceptors (Lipinski definition) is 4. The average Bonchev–Trinajstić information content (AvgIpc) is 2.58. The first kappa shape index (κ1) is 18.5. The molecule has 0 heterocycles. The van der Waals surface area contributed by atoms with Crippen molar-refractivity contribution < 1.29 is 14.3 Å². The van der Waals surface area contributed by atoms with E-state index in [0.717, 1.165) is 16.7 Å². The van der Waals surface area contributed by atoms with E-state index in [9.17, 15) is 4.79 Å². The Morgan fingerprint density at radius 1 is 1.16 bits per heavy atom. The van der Waals surface area contributed by atoms with Gasteiger partial charge in [0, 0.05) is 0 Å². The van der Waals surface area contributed by atoms with Gasteiger partial charge in [0.1, 0.15) is 0 Å². The zero-order valence-electron chi connectivity index (χ0n) is 15.1. The maximum absolute atomic E-state index is 12.0. The van der Waals surface area contributed by atoms with Crippen LogP contribution in [0.15, 0.2) is 41.5 Å². The number of benzene rings is 2. The van der Waals surface area contributed by atoms with Gasteiger partial charge in [-0.1, -0.05) is 23.8 Å². The van der Waals surface area contributed by atoms with Crippen LogP contribution in [0.1, 0.15) is 29.2 Å². The highest BCUT2D eigenvalue weighted by Gasteiger charge is 2.06. The summed E-state index contributed by atoms with van der Waals surface area (Å²) in [6.07, 6.45) is 1.89. The third-order valence-corrected chi connectivity index (χ3v) is 3.74. The fourth-order valence-corrected chi connectivity index (χ4v) is 2.48. The second kappa shape index (κ2) is 8.87. The second-order valence-electron chi connectivity index (χ2n) is 5.74. The minimum atomic E-state index is -0.151. The number of nitrogens with one attached hydrogen (secondary N) is 1. The van der Waals surface area contributed by atoms with Gasteiger partial charge in [-0.15, -0.1) is 0 Å². The van der Waals surface area contributed by atoms with Gasteiger partial charge >= 0.3 is 0 Å². The third-order valence-electron chi connectivity index (χ3n) is 3.74. The number of amides is 1. The number of hydrogen-bond donors (Lipinski definition) is 1. The molecule has 2 aromatic rings. The highest BCUT2D eigenvalue weighted by atomic mass is 16.5. The molecule has 0 radical (unpaired) electrons. The van der Waals surface area contributed by atoms with E-state index in [1.165, 1.54) is 5.56 Å². The van der Waals surface area contributed by atoms with Crippen molar-refractivity contribution in [2.45, 2.75) is 27.2 Å². The number of carbonyl (C=O) groups excluding carboxylic acids is 1. The molecule has 2 rings (SSSR count). The fourth-order valence-electron chi connectivity index (χ4n) is 2.48. The molecular formula is C20H24N2O3. The number of carbonyl (C=O) groups is 1. The Labute approximate surface area is 148 Å². The normalized spacial score (nSPS) is 10.7. The molecule has 25 heavy (non-hydrogen) atoms. The Morgan fingerprint density at radius 3 is 2.64 bits per heavy atom. The van der Waals surface area contributed by atoms with Crippen molar-refractivity contribution in [3.05, 3.63) is 58.7 Å². The Morgan fingerprint density at radius 2 is 1.96 bits per heavy atom. The van der Waals surface area contributed by atoms with Gasteiger partial charge in [0.2, 0.25) is 5.91 Å². The SMILES string of the molecule is CCOc1cc(/C=N/NC(=O)Cc2ccc(C)cc2C)ccc1OC. The molecule has 1 N–H and O–H groups in total. The molecular weight excluding hydrogens is 316 g/mol.